The number of carbonyl (C=O) groups excluding carboxylic acids is 2. The fourth-order valence-electron chi connectivity index (χ4n) is 3.50. The third-order valence-corrected chi connectivity index (χ3v) is 4.90. The molecular formula is C24H26N4O2. The Morgan fingerprint density at radius 1 is 0.900 bits per heavy atom. The number of aryl methyl sites for hydroxylation is 4. The molecule has 0 radical (unpaired) electrons. The average Bonchev–Trinajstić information content (AvgIpc) is 2.96. The topological polar surface area (TPSA) is 75.5 Å². The second-order valence-electron chi connectivity index (χ2n) is 7.48. The lowest BCUT2D eigenvalue weighted by Gasteiger charge is -2.11. The summed E-state index contributed by atoms with van der Waals surface area (Å²) in [5, 5.41) is 6.56. The van der Waals surface area contributed by atoms with Crippen molar-refractivity contribution in [3.8, 4) is 5.69 Å². The number of hydrogen-bond acceptors (Lipinski definition) is 3. The fraction of sp³-hybridized carbons (Fsp3) is 0.208. The molecule has 6 heteroatoms. The molecule has 1 aromatic heterocycles. The molecule has 3 rings (SSSR count). The zero-order valence-electron chi connectivity index (χ0n) is 17.9. The van der Waals surface area contributed by atoms with E-state index in [2.05, 4.69) is 52.5 Å². The number of hydrazone groups is 1. The zero-order chi connectivity index (χ0) is 21.8. The minimum Gasteiger partial charge on any atom is -0.318 e. The van der Waals surface area contributed by atoms with Crippen LogP contribution in [0.25, 0.3) is 5.69 Å². The third kappa shape index (κ3) is 4.66. The van der Waals surface area contributed by atoms with Gasteiger partial charge in [-0.1, -0.05) is 24.3 Å². The lowest BCUT2D eigenvalue weighted by atomic mass is 10.1. The molecule has 0 saturated carbocycles. The predicted molar refractivity (Wildman–Crippen MR) is 120 cm³/mol. The number of aromatic nitrogens is 1. The Bertz CT molecular complexity index is 1120. The Kier molecular flexibility index (Phi) is 6.16. The highest BCUT2D eigenvalue weighted by Gasteiger charge is 2.14. The van der Waals surface area contributed by atoms with Crippen LogP contribution in [0.5, 0.6) is 0 Å². The average molecular weight is 402 g/mol. The van der Waals surface area contributed by atoms with Gasteiger partial charge in [0.15, 0.2) is 0 Å². The van der Waals surface area contributed by atoms with E-state index in [1.807, 2.05) is 39.0 Å². The van der Waals surface area contributed by atoms with E-state index >= 15 is 0 Å². The van der Waals surface area contributed by atoms with Crippen LogP contribution in [-0.2, 0) is 9.59 Å². The zero-order valence-corrected chi connectivity index (χ0v) is 17.9. The van der Waals surface area contributed by atoms with Gasteiger partial charge in [-0.05, 0) is 75.6 Å². The van der Waals surface area contributed by atoms with Crippen LogP contribution in [0.2, 0.25) is 0 Å². The van der Waals surface area contributed by atoms with Gasteiger partial charge in [-0.15, -0.1) is 0 Å². The standard InChI is InChI=1S/C24H26N4O2/c1-15-10-16(2)12-21(11-15)28-18(4)13-20(19(28)5)14-25-27-24(30)23(29)26-22-9-7-6-8-17(22)3/h6-14H,1-5H3,(H,26,29)(H,27,30)/b25-14-. The Hall–Kier alpha value is -3.67. The maximum atomic E-state index is 12.1. The van der Waals surface area contributed by atoms with Gasteiger partial charge in [-0.2, -0.15) is 5.10 Å². The second kappa shape index (κ2) is 8.78. The summed E-state index contributed by atoms with van der Waals surface area (Å²) in [6.45, 7) is 10.0. The van der Waals surface area contributed by atoms with Crippen LogP contribution in [0, 0.1) is 34.6 Å². The molecule has 30 heavy (non-hydrogen) atoms. The maximum Gasteiger partial charge on any atom is 0.329 e. The molecule has 3 aromatic rings. The molecule has 1 heterocycles. The summed E-state index contributed by atoms with van der Waals surface area (Å²) < 4.78 is 2.15. The Morgan fingerprint density at radius 2 is 1.57 bits per heavy atom. The number of nitrogens with one attached hydrogen (secondary N) is 2. The van der Waals surface area contributed by atoms with Gasteiger partial charge in [0.25, 0.3) is 0 Å². The quantitative estimate of drug-likeness (QED) is 0.391. The van der Waals surface area contributed by atoms with Crippen molar-refractivity contribution in [1.82, 2.24) is 9.99 Å². The van der Waals surface area contributed by atoms with E-state index in [9.17, 15) is 9.59 Å². The van der Waals surface area contributed by atoms with Gasteiger partial charge >= 0.3 is 11.8 Å². The normalized spacial score (nSPS) is 11.0. The van der Waals surface area contributed by atoms with E-state index in [4.69, 9.17) is 0 Å². The molecule has 0 fully saturated rings. The smallest absolute Gasteiger partial charge is 0.318 e. The molecule has 0 unspecified atom stereocenters. The SMILES string of the molecule is Cc1cc(C)cc(-n2c(C)cc(/C=N\NC(=O)C(=O)Nc3ccccc3C)c2C)c1. The summed E-state index contributed by atoms with van der Waals surface area (Å²) in [4.78, 5) is 24.1. The monoisotopic (exact) mass is 402 g/mol. The molecule has 0 aliphatic rings. The largest absolute Gasteiger partial charge is 0.329 e. The van der Waals surface area contributed by atoms with Gasteiger partial charge in [0.2, 0.25) is 0 Å². The van der Waals surface area contributed by atoms with E-state index in [0.717, 1.165) is 28.2 Å². The Balaban J connectivity index is 1.71. The predicted octanol–water partition coefficient (Wildman–Crippen LogP) is 4.11. The summed E-state index contributed by atoms with van der Waals surface area (Å²) in [6.07, 6.45) is 1.56. The highest BCUT2D eigenvalue weighted by Crippen LogP contribution is 2.22. The first-order valence-corrected chi connectivity index (χ1v) is 9.74. The van der Waals surface area contributed by atoms with Crippen LogP contribution < -0.4 is 10.7 Å². The van der Waals surface area contributed by atoms with Crippen molar-refractivity contribution in [2.75, 3.05) is 5.32 Å². The lowest BCUT2D eigenvalue weighted by Crippen LogP contribution is -2.32. The highest BCUT2D eigenvalue weighted by atomic mass is 16.2. The molecule has 2 amide bonds. The molecule has 0 aliphatic heterocycles. The molecule has 0 spiro atoms. The van der Waals surface area contributed by atoms with Crippen molar-refractivity contribution in [3.05, 3.63) is 82.2 Å². The van der Waals surface area contributed by atoms with Crippen LogP contribution in [0.15, 0.2) is 53.6 Å². The first-order valence-electron chi connectivity index (χ1n) is 9.74. The third-order valence-electron chi connectivity index (χ3n) is 4.90. The molecule has 154 valence electrons. The van der Waals surface area contributed by atoms with Crippen LogP contribution in [-0.4, -0.2) is 22.6 Å². The van der Waals surface area contributed by atoms with Crippen molar-refractivity contribution < 1.29 is 9.59 Å². The molecule has 0 aliphatic carbocycles. The minimum absolute atomic E-state index is 0.596. The maximum absolute atomic E-state index is 12.1. The van der Waals surface area contributed by atoms with Gasteiger partial charge in [0, 0.05) is 28.3 Å². The number of para-hydroxylation sites is 1. The number of amides is 2. The number of anilines is 1. The van der Waals surface area contributed by atoms with E-state index in [0.29, 0.717) is 5.69 Å². The summed E-state index contributed by atoms with van der Waals surface area (Å²) >= 11 is 0. The van der Waals surface area contributed by atoms with Gasteiger partial charge in [-0.25, -0.2) is 5.43 Å². The number of hydrogen-bond donors (Lipinski definition) is 2. The van der Waals surface area contributed by atoms with Crippen LogP contribution in [0.3, 0.4) is 0 Å². The number of benzene rings is 2. The molecular weight excluding hydrogens is 376 g/mol. The molecule has 0 saturated heterocycles. The lowest BCUT2D eigenvalue weighted by molar-refractivity contribution is -0.136. The van der Waals surface area contributed by atoms with E-state index in [1.165, 1.54) is 11.1 Å². The highest BCUT2D eigenvalue weighted by molar-refractivity contribution is 6.39. The van der Waals surface area contributed by atoms with Crippen molar-refractivity contribution >= 4 is 23.7 Å². The number of rotatable bonds is 4. The van der Waals surface area contributed by atoms with Gasteiger partial charge in [0.1, 0.15) is 0 Å². The first-order chi connectivity index (χ1) is 14.3. The van der Waals surface area contributed by atoms with Crippen molar-refractivity contribution in [1.29, 1.82) is 0 Å². The molecule has 2 N–H and O–H groups in total. The van der Waals surface area contributed by atoms with E-state index < -0.39 is 11.8 Å². The molecule has 0 atom stereocenters. The molecule has 2 aromatic carbocycles. The molecule has 6 nitrogen and oxygen atoms in total. The van der Waals surface area contributed by atoms with Crippen LogP contribution >= 0.6 is 0 Å². The second-order valence-corrected chi connectivity index (χ2v) is 7.48. The van der Waals surface area contributed by atoms with Crippen LogP contribution in [0.1, 0.15) is 33.6 Å². The number of nitrogens with zero attached hydrogens (tertiary/aromatic N) is 2. The van der Waals surface area contributed by atoms with E-state index in [-0.39, 0.29) is 0 Å². The van der Waals surface area contributed by atoms with Crippen molar-refractivity contribution in [2.24, 2.45) is 5.10 Å². The summed E-state index contributed by atoms with van der Waals surface area (Å²) in [5.41, 5.74) is 10.2. The van der Waals surface area contributed by atoms with Crippen molar-refractivity contribution in [3.63, 3.8) is 0 Å². The Labute approximate surface area is 176 Å². The van der Waals surface area contributed by atoms with E-state index in [1.54, 1.807) is 18.3 Å². The fourth-order valence-corrected chi connectivity index (χ4v) is 3.50. The summed E-state index contributed by atoms with van der Waals surface area (Å²) in [7, 11) is 0. The Morgan fingerprint density at radius 3 is 2.23 bits per heavy atom. The summed E-state index contributed by atoms with van der Waals surface area (Å²) in [5.74, 6) is -1.58. The van der Waals surface area contributed by atoms with Crippen molar-refractivity contribution in [2.45, 2.75) is 34.6 Å². The van der Waals surface area contributed by atoms with Gasteiger partial charge in [0.05, 0.1) is 6.21 Å². The number of carbonyl (C=O) groups is 2. The van der Waals surface area contributed by atoms with Crippen LogP contribution in [0.4, 0.5) is 5.69 Å². The molecule has 0 bridgehead atoms. The van der Waals surface area contributed by atoms with Gasteiger partial charge < -0.3 is 9.88 Å². The first kappa shape index (κ1) is 21.0. The minimum atomic E-state index is -0.822. The summed E-state index contributed by atoms with van der Waals surface area (Å²) in [6, 6.07) is 15.7. The van der Waals surface area contributed by atoms with Gasteiger partial charge in [-0.3, -0.25) is 9.59 Å².